The van der Waals surface area contributed by atoms with Crippen molar-refractivity contribution < 1.29 is 12.8 Å². The summed E-state index contributed by atoms with van der Waals surface area (Å²) in [5.41, 5.74) is 2.02. The molecule has 5 rings (SSSR count). The maximum Gasteiger partial charge on any atom is 0.179 e. The minimum atomic E-state index is -3.63. The molecule has 2 atom stereocenters. The number of aromatic amines is 1. The van der Waals surface area contributed by atoms with Gasteiger partial charge in [-0.25, -0.2) is 17.8 Å². The van der Waals surface area contributed by atoms with Crippen molar-refractivity contribution in [2.75, 3.05) is 5.75 Å². The summed E-state index contributed by atoms with van der Waals surface area (Å²) in [5, 5.41) is 17.6. The summed E-state index contributed by atoms with van der Waals surface area (Å²) in [6, 6.07) is 6.97. The van der Waals surface area contributed by atoms with Gasteiger partial charge >= 0.3 is 0 Å². The fourth-order valence-corrected chi connectivity index (χ4v) is 6.00. The Bertz CT molecular complexity index is 1420. The summed E-state index contributed by atoms with van der Waals surface area (Å²) in [7, 11) is -3.63. The zero-order valence-corrected chi connectivity index (χ0v) is 16.6. The predicted octanol–water partition coefficient (Wildman–Crippen LogP) is 2.97. The summed E-state index contributed by atoms with van der Waals surface area (Å²) >= 11 is 0. The molecule has 0 unspecified atom stereocenters. The van der Waals surface area contributed by atoms with Crippen LogP contribution in [0.15, 0.2) is 41.6 Å². The highest BCUT2D eigenvalue weighted by Gasteiger charge is 2.33. The van der Waals surface area contributed by atoms with Gasteiger partial charge in [-0.05, 0) is 49.4 Å². The van der Waals surface area contributed by atoms with Crippen LogP contribution in [0.1, 0.15) is 36.6 Å². The Morgan fingerprint density at radius 1 is 1.27 bits per heavy atom. The second kappa shape index (κ2) is 6.88. The number of rotatable bonds is 4. The van der Waals surface area contributed by atoms with E-state index in [1.54, 1.807) is 12.3 Å². The largest absolute Gasteiger partial charge is 0.345 e. The molecule has 0 saturated heterocycles. The first-order chi connectivity index (χ1) is 14.5. The minimum absolute atomic E-state index is 0.0167. The summed E-state index contributed by atoms with van der Waals surface area (Å²) in [4.78, 5) is 7.38. The number of nitrogens with zero attached hydrogens (tertiary/aromatic N) is 5. The van der Waals surface area contributed by atoms with E-state index in [1.165, 1.54) is 6.07 Å². The second-order valence-electron chi connectivity index (χ2n) is 7.63. The van der Waals surface area contributed by atoms with Crippen molar-refractivity contribution in [1.29, 1.82) is 5.26 Å². The molecule has 30 heavy (non-hydrogen) atoms. The molecule has 1 fully saturated rings. The van der Waals surface area contributed by atoms with Crippen LogP contribution in [0.25, 0.3) is 16.8 Å². The highest BCUT2D eigenvalue weighted by Crippen LogP contribution is 2.39. The third-order valence-electron chi connectivity index (χ3n) is 5.75. The number of aromatic nitrogens is 5. The molecule has 8 nitrogen and oxygen atoms in total. The minimum Gasteiger partial charge on any atom is -0.345 e. The number of halogens is 1. The van der Waals surface area contributed by atoms with Crippen LogP contribution in [0.5, 0.6) is 0 Å². The number of nitrogens with one attached hydrogen (secondary N) is 1. The molecular formula is C20H17FN6O2S. The molecular weight excluding hydrogens is 407 g/mol. The molecule has 1 aliphatic rings. The highest BCUT2D eigenvalue weighted by molar-refractivity contribution is 7.91. The molecule has 10 heteroatoms. The zero-order valence-electron chi connectivity index (χ0n) is 15.8. The molecule has 3 aromatic heterocycles. The van der Waals surface area contributed by atoms with Gasteiger partial charge in [-0.3, -0.25) is 4.40 Å². The summed E-state index contributed by atoms with van der Waals surface area (Å²) in [6.45, 7) is 0. The Kier molecular flexibility index (Phi) is 4.29. The van der Waals surface area contributed by atoms with E-state index in [9.17, 15) is 12.8 Å². The molecule has 4 aromatic rings. The van der Waals surface area contributed by atoms with E-state index in [-0.39, 0.29) is 28.0 Å². The number of nitriles is 1. The lowest BCUT2D eigenvalue weighted by molar-refractivity contribution is 0.549. The number of fused-ring (bicyclic) bond motifs is 3. The zero-order chi connectivity index (χ0) is 20.9. The maximum absolute atomic E-state index is 13.5. The Labute approximate surface area is 171 Å². The molecule has 0 radical (unpaired) electrons. The van der Waals surface area contributed by atoms with E-state index in [1.807, 2.05) is 16.7 Å². The van der Waals surface area contributed by atoms with Crippen LogP contribution < -0.4 is 0 Å². The van der Waals surface area contributed by atoms with Crippen LogP contribution >= 0.6 is 0 Å². The molecule has 1 saturated carbocycles. The van der Waals surface area contributed by atoms with Gasteiger partial charge in [0.2, 0.25) is 0 Å². The first kappa shape index (κ1) is 18.7. The van der Waals surface area contributed by atoms with Crippen molar-refractivity contribution in [1.82, 2.24) is 24.6 Å². The van der Waals surface area contributed by atoms with Crippen molar-refractivity contribution in [2.24, 2.45) is 5.92 Å². The Balaban J connectivity index is 1.40. The first-order valence-corrected chi connectivity index (χ1v) is 11.2. The van der Waals surface area contributed by atoms with E-state index < -0.39 is 15.7 Å². The third kappa shape index (κ3) is 3.02. The first-order valence-electron chi connectivity index (χ1n) is 9.56. The van der Waals surface area contributed by atoms with Crippen molar-refractivity contribution in [3.8, 4) is 6.07 Å². The van der Waals surface area contributed by atoms with Crippen LogP contribution in [0.4, 0.5) is 4.39 Å². The third-order valence-corrected chi connectivity index (χ3v) is 7.63. The molecule has 0 aliphatic heterocycles. The van der Waals surface area contributed by atoms with Crippen LogP contribution in [0, 0.1) is 23.1 Å². The number of H-pyrrole nitrogens is 1. The van der Waals surface area contributed by atoms with Crippen LogP contribution in [-0.2, 0) is 9.84 Å². The summed E-state index contributed by atoms with van der Waals surface area (Å²) in [5.74, 6) is 0.0832. The van der Waals surface area contributed by atoms with E-state index in [4.69, 9.17) is 5.26 Å². The van der Waals surface area contributed by atoms with Crippen LogP contribution in [-0.4, -0.2) is 38.7 Å². The van der Waals surface area contributed by atoms with Gasteiger partial charge < -0.3 is 4.98 Å². The molecule has 0 amide bonds. The van der Waals surface area contributed by atoms with Gasteiger partial charge in [0.25, 0.3) is 0 Å². The summed E-state index contributed by atoms with van der Waals surface area (Å²) < 4.78 is 41.2. The van der Waals surface area contributed by atoms with E-state index in [0.717, 1.165) is 42.0 Å². The molecule has 1 aliphatic carbocycles. The standard InChI is InChI=1S/C20H17FN6O2S/c21-16-4-3-15(8-14(16)9-22)30(28,29)11-12-1-2-13(7-12)20-26-25-18-10-24-19-17(27(18)20)5-6-23-19/h3-6,8,10,12-13,23H,1-2,7,11H2/t12-,13+/m0/s1. The van der Waals surface area contributed by atoms with Crippen LogP contribution in [0.3, 0.4) is 0 Å². The molecule has 3 heterocycles. The fourth-order valence-electron chi connectivity index (χ4n) is 4.31. The predicted molar refractivity (Wildman–Crippen MR) is 106 cm³/mol. The van der Waals surface area contributed by atoms with Gasteiger partial charge in [0.05, 0.1) is 27.9 Å². The number of sulfone groups is 1. The molecule has 1 aromatic carbocycles. The quantitative estimate of drug-likeness (QED) is 0.504. The number of hydrogen-bond acceptors (Lipinski definition) is 6. The Morgan fingerprint density at radius 3 is 2.97 bits per heavy atom. The molecule has 1 N–H and O–H groups in total. The number of benzene rings is 1. The molecule has 0 bridgehead atoms. The van der Waals surface area contributed by atoms with E-state index >= 15 is 0 Å². The van der Waals surface area contributed by atoms with Gasteiger partial charge in [-0.2, -0.15) is 5.26 Å². The molecule has 0 spiro atoms. The highest BCUT2D eigenvalue weighted by atomic mass is 32.2. The van der Waals surface area contributed by atoms with Gasteiger partial charge in [-0.15, -0.1) is 10.2 Å². The Morgan fingerprint density at radius 2 is 2.13 bits per heavy atom. The second-order valence-corrected chi connectivity index (χ2v) is 9.67. The maximum atomic E-state index is 13.5. The van der Waals surface area contributed by atoms with Crippen LogP contribution in [0.2, 0.25) is 0 Å². The van der Waals surface area contributed by atoms with Crippen molar-refractivity contribution in [3.63, 3.8) is 0 Å². The molecule has 152 valence electrons. The van der Waals surface area contributed by atoms with E-state index in [2.05, 4.69) is 20.2 Å². The summed E-state index contributed by atoms with van der Waals surface area (Å²) in [6.07, 6.45) is 5.69. The van der Waals surface area contributed by atoms with Gasteiger partial charge in [-0.1, -0.05) is 0 Å². The lowest BCUT2D eigenvalue weighted by Crippen LogP contribution is -2.15. The van der Waals surface area contributed by atoms with Crippen molar-refractivity contribution in [2.45, 2.75) is 30.1 Å². The average molecular weight is 424 g/mol. The lowest BCUT2D eigenvalue weighted by Gasteiger charge is -2.12. The number of hydrogen-bond donors (Lipinski definition) is 1. The van der Waals surface area contributed by atoms with Crippen molar-refractivity contribution in [3.05, 3.63) is 53.9 Å². The van der Waals surface area contributed by atoms with Gasteiger partial charge in [0, 0.05) is 12.1 Å². The SMILES string of the molecule is N#Cc1cc(S(=O)(=O)C[C@H]2CC[C@@H](c3nnc4cnc5[nH]ccc5n34)C2)ccc1F. The normalized spacial score (nSPS) is 19.5. The lowest BCUT2D eigenvalue weighted by atomic mass is 10.1. The Hall–Kier alpha value is -3.32. The topological polar surface area (TPSA) is 117 Å². The monoisotopic (exact) mass is 424 g/mol. The van der Waals surface area contributed by atoms with Gasteiger partial charge in [0.15, 0.2) is 21.1 Å². The van der Waals surface area contributed by atoms with Gasteiger partial charge in [0.1, 0.15) is 17.7 Å². The average Bonchev–Trinajstić information content (AvgIpc) is 3.45. The van der Waals surface area contributed by atoms with E-state index in [0.29, 0.717) is 12.1 Å². The van der Waals surface area contributed by atoms with Crippen molar-refractivity contribution >= 4 is 26.6 Å². The fraction of sp³-hybridized carbons (Fsp3) is 0.300. The smallest absolute Gasteiger partial charge is 0.179 e.